The topological polar surface area (TPSA) is 60.9 Å². The van der Waals surface area contributed by atoms with Crippen LogP contribution in [0.4, 0.5) is 0 Å². The maximum absolute atomic E-state index is 11.2. The molecule has 2 aromatic carbocycles. The molecule has 4 nitrogen and oxygen atoms in total. The van der Waals surface area contributed by atoms with Crippen molar-refractivity contribution in [1.29, 1.82) is 0 Å². The number of aryl methyl sites for hydroxylation is 2. The Labute approximate surface area is 116 Å². The average Bonchev–Trinajstić information content (AvgIpc) is 2.81. The lowest BCUT2D eigenvalue weighted by atomic mass is 10.1. The fourth-order valence-corrected chi connectivity index (χ4v) is 2.43. The van der Waals surface area contributed by atoms with Crippen molar-refractivity contribution >= 4 is 16.9 Å². The molecule has 100 valence electrons. The third kappa shape index (κ3) is 1.95. The lowest BCUT2D eigenvalue weighted by Crippen LogP contribution is -2.10. The lowest BCUT2D eigenvalue weighted by Gasteiger charge is -2.09. The van der Waals surface area contributed by atoms with Gasteiger partial charge in [-0.15, -0.1) is 0 Å². The number of hydrogen-bond acceptors (Lipinski definition) is 2. The van der Waals surface area contributed by atoms with Gasteiger partial charge in [0.25, 0.3) is 0 Å². The van der Waals surface area contributed by atoms with Crippen LogP contribution in [0.25, 0.3) is 16.7 Å². The van der Waals surface area contributed by atoms with Gasteiger partial charge in [-0.1, -0.05) is 17.7 Å². The van der Waals surface area contributed by atoms with E-state index in [0.29, 0.717) is 5.56 Å². The number of carbonyl (C=O) groups is 1. The van der Waals surface area contributed by atoms with E-state index >= 15 is 0 Å². The van der Waals surface area contributed by atoms with Crippen LogP contribution in [0.1, 0.15) is 21.5 Å². The first-order valence-corrected chi connectivity index (χ1v) is 6.41. The van der Waals surface area contributed by atoms with E-state index in [2.05, 4.69) is 37.0 Å². The van der Waals surface area contributed by atoms with Crippen molar-refractivity contribution in [2.75, 3.05) is 0 Å². The molecule has 0 saturated carbocycles. The van der Waals surface area contributed by atoms with Crippen molar-refractivity contribution in [2.24, 2.45) is 5.73 Å². The van der Waals surface area contributed by atoms with Gasteiger partial charge in [-0.3, -0.25) is 9.36 Å². The highest BCUT2D eigenvalue weighted by atomic mass is 16.1. The molecule has 0 fully saturated rings. The summed E-state index contributed by atoms with van der Waals surface area (Å²) >= 11 is 0. The van der Waals surface area contributed by atoms with Gasteiger partial charge in [0, 0.05) is 5.56 Å². The van der Waals surface area contributed by atoms with E-state index in [9.17, 15) is 4.79 Å². The van der Waals surface area contributed by atoms with E-state index in [0.717, 1.165) is 16.7 Å². The van der Waals surface area contributed by atoms with Crippen LogP contribution in [0.3, 0.4) is 0 Å². The van der Waals surface area contributed by atoms with Gasteiger partial charge in [0.1, 0.15) is 6.33 Å². The monoisotopic (exact) mass is 265 g/mol. The fourth-order valence-electron chi connectivity index (χ4n) is 2.43. The molecule has 0 aliphatic rings. The van der Waals surface area contributed by atoms with Crippen LogP contribution >= 0.6 is 0 Å². The highest BCUT2D eigenvalue weighted by Crippen LogP contribution is 2.22. The van der Waals surface area contributed by atoms with Crippen molar-refractivity contribution in [3.63, 3.8) is 0 Å². The van der Waals surface area contributed by atoms with E-state index in [4.69, 9.17) is 5.73 Å². The average molecular weight is 265 g/mol. The van der Waals surface area contributed by atoms with E-state index in [-0.39, 0.29) is 0 Å². The minimum atomic E-state index is -0.437. The van der Waals surface area contributed by atoms with Gasteiger partial charge >= 0.3 is 0 Å². The number of fused-ring (bicyclic) bond motifs is 1. The predicted octanol–water partition coefficient (Wildman–Crippen LogP) is 2.74. The summed E-state index contributed by atoms with van der Waals surface area (Å²) in [5.41, 5.74) is 11.0. The second-order valence-corrected chi connectivity index (χ2v) is 4.97. The Morgan fingerprint density at radius 3 is 2.65 bits per heavy atom. The van der Waals surface area contributed by atoms with Gasteiger partial charge in [0.15, 0.2) is 0 Å². The molecule has 3 rings (SSSR count). The molecule has 0 radical (unpaired) electrons. The SMILES string of the molecule is Cc1ccc(-n2cnc3cc(C(N)=O)ccc32)c(C)c1. The maximum Gasteiger partial charge on any atom is 0.248 e. The van der Waals surface area contributed by atoms with Gasteiger partial charge in [-0.25, -0.2) is 4.98 Å². The molecule has 0 spiro atoms. The zero-order valence-electron chi connectivity index (χ0n) is 11.4. The Kier molecular flexibility index (Phi) is 2.79. The van der Waals surface area contributed by atoms with E-state index in [1.165, 1.54) is 11.1 Å². The third-order valence-corrected chi connectivity index (χ3v) is 3.44. The second-order valence-electron chi connectivity index (χ2n) is 4.97. The Hall–Kier alpha value is -2.62. The fraction of sp³-hybridized carbons (Fsp3) is 0.125. The smallest absolute Gasteiger partial charge is 0.248 e. The Balaban J connectivity index is 2.20. The number of aromatic nitrogens is 2. The van der Waals surface area contributed by atoms with Crippen LogP contribution < -0.4 is 5.73 Å². The number of primary amides is 1. The molecule has 0 aliphatic heterocycles. The molecule has 0 atom stereocenters. The zero-order valence-corrected chi connectivity index (χ0v) is 11.4. The number of amides is 1. The molecule has 20 heavy (non-hydrogen) atoms. The number of hydrogen-bond donors (Lipinski definition) is 1. The summed E-state index contributed by atoms with van der Waals surface area (Å²) in [6.07, 6.45) is 1.77. The van der Waals surface area contributed by atoms with Crippen molar-refractivity contribution < 1.29 is 4.79 Å². The standard InChI is InChI=1S/C16H15N3O/c1-10-3-5-14(11(2)7-10)19-9-18-13-8-12(16(17)20)4-6-15(13)19/h3-9H,1-2H3,(H2,17,20). The van der Waals surface area contributed by atoms with Gasteiger partial charge in [0.2, 0.25) is 5.91 Å². The zero-order chi connectivity index (χ0) is 14.3. The van der Waals surface area contributed by atoms with E-state index in [1.54, 1.807) is 18.5 Å². The number of rotatable bonds is 2. The Bertz CT molecular complexity index is 818. The highest BCUT2D eigenvalue weighted by molar-refractivity contribution is 5.96. The Morgan fingerprint density at radius 2 is 1.95 bits per heavy atom. The molecule has 2 N–H and O–H groups in total. The summed E-state index contributed by atoms with van der Waals surface area (Å²) in [6, 6.07) is 11.6. The van der Waals surface area contributed by atoms with Crippen molar-refractivity contribution in [3.8, 4) is 5.69 Å². The summed E-state index contributed by atoms with van der Waals surface area (Å²) in [5, 5.41) is 0. The molecular formula is C16H15N3O. The molecule has 3 aromatic rings. The van der Waals surface area contributed by atoms with Crippen LogP contribution in [0, 0.1) is 13.8 Å². The van der Waals surface area contributed by atoms with Crippen LogP contribution in [-0.4, -0.2) is 15.5 Å². The predicted molar refractivity (Wildman–Crippen MR) is 79.1 cm³/mol. The first-order chi connectivity index (χ1) is 9.56. The molecule has 1 aromatic heterocycles. The number of imidazole rings is 1. The normalized spacial score (nSPS) is 10.9. The van der Waals surface area contributed by atoms with Gasteiger partial charge < -0.3 is 5.73 Å². The molecular weight excluding hydrogens is 250 g/mol. The third-order valence-electron chi connectivity index (χ3n) is 3.44. The number of nitrogens with two attached hydrogens (primary N) is 1. The summed E-state index contributed by atoms with van der Waals surface area (Å²) in [4.78, 5) is 15.6. The van der Waals surface area contributed by atoms with E-state index in [1.807, 2.05) is 10.6 Å². The van der Waals surface area contributed by atoms with E-state index < -0.39 is 5.91 Å². The summed E-state index contributed by atoms with van der Waals surface area (Å²) in [6.45, 7) is 4.15. The highest BCUT2D eigenvalue weighted by Gasteiger charge is 2.09. The molecule has 0 saturated heterocycles. The Morgan fingerprint density at radius 1 is 1.15 bits per heavy atom. The summed E-state index contributed by atoms with van der Waals surface area (Å²) in [7, 11) is 0. The summed E-state index contributed by atoms with van der Waals surface area (Å²) < 4.78 is 2.02. The van der Waals surface area contributed by atoms with Crippen LogP contribution in [0.15, 0.2) is 42.7 Å². The van der Waals surface area contributed by atoms with Crippen molar-refractivity contribution in [2.45, 2.75) is 13.8 Å². The summed E-state index contributed by atoms with van der Waals surface area (Å²) in [5.74, 6) is -0.437. The second kappa shape index (κ2) is 4.49. The number of carbonyl (C=O) groups excluding carboxylic acids is 1. The molecule has 0 bridgehead atoms. The minimum Gasteiger partial charge on any atom is -0.366 e. The number of nitrogens with zero attached hydrogens (tertiary/aromatic N) is 2. The van der Waals surface area contributed by atoms with Gasteiger partial charge in [0.05, 0.1) is 16.7 Å². The molecule has 0 unspecified atom stereocenters. The van der Waals surface area contributed by atoms with Crippen LogP contribution in [-0.2, 0) is 0 Å². The first kappa shape index (κ1) is 12.4. The van der Waals surface area contributed by atoms with Crippen LogP contribution in [0.5, 0.6) is 0 Å². The number of benzene rings is 2. The maximum atomic E-state index is 11.2. The molecule has 1 heterocycles. The largest absolute Gasteiger partial charge is 0.366 e. The quantitative estimate of drug-likeness (QED) is 0.774. The van der Waals surface area contributed by atoms with Gasteiger partial charge in [-0.05, 0) is 43.7 Å². The van der Waals surface area contributed by atoms with Gasteiger partial charge in [-0.2, -0.15) is 0 Å². The van der Waals surface area contributed by atoms with Crippen LogP contribution in [0.2, 0.25) is 0 Å². The lowest BCUT2D eigenvalue weighted by molar-refractivity contribution is 0.100. The molecule has 0 aliphatic carbocycles. The minimum absolute atomic E-state index is 0.437. The molecule has 1 amide bonds. The molecule has 4 heteroatoms. The van der Waals surface area contributed by atoms with Crippen molar-refractivity contribution in [3.05, 3.63) is 59.4 Å². The first-order valence-electron chi connectivity index (χ1n) is 6.41. The van der Waals surface area contributed by atoms with Crippen molar-refractivity contribution in [1.82, 2.24) is 9.55 Å².